The highest BCUT2D eigenvalue weighted by Crippen LogP contribution is 2.22. The molecule has 1 aliphatic heterocycles. The number of fused-ring (bicyclic) bond motifs is 1. The Bertz CT molecular complexity index is 516. The lowest BCUT2D eigenvalue weighted by Gasteiger charge is -2.13. The molecule has 0 saturated heterocycles. The molecule has 1 aliphatic rings. The number of hydrogen-bond acceptors (Lipinski definition) is 3. The largest absolute Gasteiger partial charge is 0.353 e. The number of carbonyl (C=O) groups is 3. The zero-order valence-corrected chi connectivity index (χ0v) is 10.4. The summed E-state index contributed by atoms with van der Waals surface area (Å²) in [5.74, 6) is -0.798. The maximum atomic E-state index is 12.0. The van der Waals surface area contributed by atoms with Crippen molar-refractivity contribution in [1.29, 1.82) is 0 Å². The quantitative estimate of drug-likeness (QED) is 0.486. The Labute approximate surface area is 110 Å². The highest BCUT2D eigenvalue weighted by molar-refractivity contribution is 6.21. The maximum absolute atomic E-state index is 12.0. The monoisotopic (exact) mass is 258 g/mol. The van der Waals surface area contributed by atoms with Gasteiger partial charge in [-0.3, -0.25) is 19.3 Å². The van der Waals surface area contributed by atoms with Crippen molar-refractivity contribution in [2.45, 2.75) is 6.42 Å². The summed E-state index contributed by atoms with van der Waals surface area (Å²) in [6.07, 6.45) is 1.70. The Balaban J connectivity index is 1.93. The standard InChI is InChI=1S/C14H14N2O3/c1-2-12(17)15-8-5-9-16-13(18)10-6-3-4-7-11(10)14(16)19/h2-4,6-7H,1,5,8-9H2,(H,15,17). The van der Waals surface area contributed by atoms with Crippen molar-refractivity contribution in [3.05, 3.63) is 48.0 Å². The number of amides is 3. The molecule has 98 valence electrons. The van der Waals surface area contributed by atoms with Gasteiger partial charge in [0.05, 0.1) is 11.1 Å². The van der Waals surface area contributed by atoms with Crippen LogP contribution in [0.2, 0.25) is 0 Å². The highest BCUT2D eigenvalue weighted by atomic mass is 16.2. The van der Waals surface area contributed by atoms with E-state index in [1.54, 1.807) is 24.3 Å². The van der Waals surface area contributed by atoms with Gasteiger partial charge in [0.1, 0.15) is 0 Å². The molecule has 0 atom stereocenters. The Kier molecular flexibility index (Phi) is 3.75. The van der Waals surface area contributed by atoms with Gasteiger partial charge in [0.15, 0.2) is 0 Å². The average Bonchev–Trinajstić information content (AvgIpc) is 2.68. The molecule has 0 spiro atoms. The molecule has 0 fully saturated rings. The van der Waals surface area contributed by atoms with Crippen LogP contribution >= 0.6 is 0 Å². The predicted octanol–water partition coefficient (Wildman–Crippen LogP) is 0.975. The molecule has 1 heterocycles. The number of imide groups is 1. The molecule has 0 unspecified atom stereocenters. The first-order valence-electron chi connectivity index (χ1n) is 6.00. The molecule has 2 rings (SSSR count). The number of hydrogen-bond donors (Lipinski definition) is 1. The maximum Gasteiger partial charge on any atom is 0.261 e. The lowest BCUT2D eigenvalue weighted by atomic mass is 10.1. The van der Waals surface area contributed by atoms with E-state index in [1.807, 2.05) is 0 Å². The number of nitrogens with zero attached hydrogens (tertiary/aromatic N) is 1. The van der Waals surface area contributed by atoms with Gasteiger partial charge in [-0.25, -0.2) is 0 Å². The fraction of sp³-hybridized carbons (Fsp3) is 0.214. The van der Waals surface area contributed by atoms with Crippen molar-refractivity contribution in [1.82, 2.24) is 10.2 Å². The highest BCUT2D eigenvalue weighted by Gasteiger charge is 2.34. The summed E-state index contributed by atoms with van der Waals surface area (Å²) in [6.45, 7) is 4.03. The number of nitrogens with one attached hydrogen (secondary N) is 1. The van der Waals surface area contributed by atoms with E-state index < -0.39 is 0 Å². The lowest BCUT2D eigenvalue weighted by Crippen LogP contribution is -2.33. The number of benzene rings is 1. The van der Waals surface area contributed by atoms with Crippen LogP contribution in [0.5, 0.6) is 0 Å². The minimum atomic E-state index is -0.268. The molecule has 1 N–H and O–H groups in total. The summed E-state index contributed by atoms with van der Waals surface area (Å²) in [7, 11) is 0. The van der Waals surface area contributed by atoms with Gasteiger partial charge in [-0.05, 0) is 24.6 Å². The molecule has 0 aliphatic carbocycles. The third kappa shape index (κ3) is 2.54. The third-order valence-corrected chi connectivity index (χ3v) is 2.92. The Morgan fingerprint density at radius 3 is 2.32 bits per heavy atom. The Morgan fingerprint density at radius 1 is 1.21 bits per heavy atom. The minimum Gasteiger partial charge on any atom is -0.353 e. The van der Waals surface area contributed by atoms with E-state index >= 15 is 0 Å². The van der Waals surface area contributed by atoms with Crippen LogP contribution in [-0.2, 0) is 4.79 Å². The van der Waals surface area contributed by atoms with Gasteiger partial charge in [-0.1, -0.05) is 18.7 Å². The number of rotatable bonds is 5. The van der Waals surface area contributed by atoms with Crippen LogP contribution in [0.3, 0.4) is 0 Å². The molecule has 0 bridgehead atoms. The molecular formula is C14H14N2O3. The van der Waals surface area contributed by atoms with Gasteiger partial charge in [0.2, 0.25) is 5.91 Å². The van der Waals surface area contributed by atoms with Gasteiger partial charge in [0.25, 0.3) is 11.8 Å². The van der Waals surface area contributed by atoms with E-state index in [2.05, 4.69) is 11.9 Å². The fourth-order valence-corrected chi connectivity index (χ4v) is 1.96. The summed E-state index contributed by atoms with van der Waals surface area (Å²) >= 11 is 0. The molecule has 1 aromatic carbocycles. The van der Waals surface area contributed by atoms with Gasteiger partial charge in [0, 0.05) is 13.1 Å². The van der Waals surface area contributed by atoms with E-state index in [0.717, 1.165) is 0 Å². The smallest absolute Gasteiger partial charge is 0.261 e. The average molecular weight is 258 g/mol. The van der Waals surface area contributed by atoms with Crippen LogP contribution in [0.1, 0.15) is 27.1 Å². The second-order valence-corrected chi connectivity index (χ2v) is 4.16. The third-order valence-electron chi connectivity index (χ3n) is 2.92. The van der Waals surface area contributed by atoms with Crippen molar-refractivity contribution >= 4 is 17.7 Å². The molecule has 5 nitrogen and oxygen atoms in total. The first-order valence-corrected chi connectivity index (χ1v) is 6.00. The SMILES string of the molecule is C=CC(=O)NCCCN1C(=O)c2ccccc2C1=O. The van der Waals surface area contributed by atoms with E-state index in [4.69, 9.17) is 0 Å². The van der Waals surface area contributed by atoms with Crippen LogP contribution < -0.4 is 5.32 Å². The zero-order chi connectivity index (χ0) is 13.8. The molecule has 0 aromatic heterocycles. The van der Waals surface area contributed by atoms with Gasteiger partial charge >= 0.3 is 0 Å². The van der Waals surface area contributed by atoms with Gasteiger partial charge in [-0.2, -0.15) is 0 Å². The second-order valence-electron chi connectivity index (χ2n) is 4.16. The van der Waals surface area contributed by atoms with Crippen molar-refractivity contribution in [2.24, 2.45) is 0 Å². The van der Waals surface area contributed by atoms with Crippen LogP contribution in [0.4, 0.5) is 0 Å². The molecule has 1 aromatic rings. The van der Waals surface area contributed by atoms with E-state index in [9.17, 15) is 14.4 Å². The van der Waals surface area contributed by atoms with Crippen molar-refractivity contribution in [3.63, 3.8) is 0 Å². The zero-order valence-electron chi connectivity index (χ0n) is 10.4. The molecule has 19 heavy (non-hydrogen) atoms. The molecule has 0 radical (unpaired) electrons. The fourth-order valence-electron chi connectivity index (χ4n) is 1.96. The van der Waals surface area contributed by atoms with Gasteiger partial charge < -0.3 is 5.32 Å². The van der Waals surface area contributed by atoms with Crippen LogP contribution in [0.25, 0.3) is 0 Å². The molecular weight excluding hydrogens is 244 g/mol. The van der Waals surface area contributed by atoms with Crippen molar-refractivity contribution in [3.8, 4) is 0 Å². The summed E-state index contributed by atoms with van der Waals surface area (Å²) in [6, 6.07) is 6.76. The van der Waals surface area contributed by atoms with Gasteiger partial charge in [-0.15, -0.1) is 0 Å². The first kappa shape index (κ1) is 13.0. The van der Waals surface area contributed by atoms with Crippen molar-refractivity contribution in [2.75, 3.05) is 13.1 Å². The summed E-state index contributed by atoms with van der Waals surface area (Å²) in [5, 5.41) is 2.60. The van der Waals surface area contributed by atoms with Crippen LogP contribution in [0, 0.1) is 0 Å². The Morgan fingerprint density at radius 2 is 1.79 bits per heavy atom. The molecule has 5 heteroatoms. The van der Waals surface area contributed by atoms with E-state index in [1.165, 1.54) is 11.0 Å². The molecule has 3 amide bonds. The van der Waals surface area contributed by atoms with E-state index in [0.29, 0.717) is 30.6 Å². The predicted molar refractivity (Wildman–Crippen MR) is 69.6 cm³/mol. The Hall–Kier alpha value is -2.43. The summed E-state index contributed by atoms with van der Waals surface area (Å²) < 4.78 is 0. The second kappa shape index (κ2) is 5.48. The molecule has 0 saturated carbocycles. The summed E-state index contributed by atoms with van der Waals surface area (Å²) in [4.78, 5) is 36.1. The minimum absolute atomic E-state index is 0.262. The first-order chi connectivity index (χ1) is 9.15. The van der Waals surface area contributed by atoms with E-state index in [-0.39, 0.29) is 17.7 Å². The van der Waals surface area contributed by atoms with Crippen LogP contribution in [-0.4, -0.2) is 35.7 Å². The topological polar surface area (TPSA) is 66.5 Å². The lowest BCUT2D eigenvalue weighted by molar-refractivity contribution is -0.116. The normalized spacial score (nSPS) is 13.4. The van der Waals surface area contributed by atoms with Crippen molar-refractivity contribution < 1.29 is 14.4 Å². The summed E-state index contributed by atoms with van der Waals surface area (Å²) in [5.41, 5.74) is 0.894. The number of carbonyl (C=O) groups excluding carboxylic acids is 3. The van der Waals surface area contributed by atoms with Crippen LogP contribution in [0.15, 0.2) is 36.9 Å².